The summed E-state index contributed by atoms with van der Waals surface area (Å²) in [4.78, 5) is 27.7. The molecule has 0 bridgehead atoms. The number of aromatic amines is 1. The minimum absolute atomic E-state index is 0.0415. The largest absolute Gasteiger partial charge is 0.352 e. The van der Waals surface area contributed by atoms with Gasteiger partial charge in [-0.2, -0.15) is 5.10 Å². The maximum Gasteiger partial charge on any atom is 0.253 e. The van der Waals surface area contributed by atoms with Gasteiger partial charge in [0.1, 0.15) is 0 Å². The molecule has 2 heterocycles. The zero-order valence-electron chi connectivity index (χ0n) is 18.1. The number of halogens is 3. The number of nitrogens with zero attached hydrogens (tertiary/aromatic N) is 2. The van der Waals surface area contributed by atoms with Crippen LogP contribution in [0.2, 0.25) is 5.02 Å². The SMILES string of the molecule is CC(=O)NCc1ccc(Cc2cncc(C(=O)NCc3n[nH]c4ccc(Cl)cc34)c2)c(F)c1F. The van der Waals surface area contributed by atoms with E-state index < -0.39 is 11.6 Å². The first kappa shape index (κ1) is 23.3. The Morgan fingerprint density at radius 3 is 2.56 bits per heavy atom. The number of aromatic nitrogens is 3. The fourth-order valence-corrected chi connectivity index (χ4v) is 3.66. The van der Waals surface area contributed by atoms with Crippen molar-refractivity contribution in [1.82, 2.24) is 25.8 Å². The molecule has 10 heteroatoms. The van der Waals surface area contributed by atoms with Crippen molar-refractivity contribution in [3.8, 4) is 0 Å². The molecular weight excluding hydrogens is 464 g/mol. The van der Waals surface area contributed by atoms with Crippen LogP contribution in [-0.4, -0.2) is 27.0 Å². The van der Waals surface area contributed by atoms with Gasteiger partial charge in [-0.05, 0) is 35.4 Å². The molecule has 0 spiro atoms. The highest BCUT2D eigenvalue weighted by Crippen LogP contribution is 2.21. The smallest absolute Gasteiger partial charge is 0.253 e. The van der Waals surface area contributed by atoms with Crippen LogP contribution >= 0.6 is 11.6 Å². The monoisotopic (exact) mass is 483 g/mol. The third-order valence-electron chi connectivity index (χ3n) is 5.24. The van der Waals surface area contributed by atoms with Gasteiger partial charge in [0.15, 0.2) is 11.6 Å². The number of rotatable bonds is 7. The van der Waals surface area contributed by atoms with Crippen molar-refractivity contribution in [2.24, 2.45) is 0 Å². The van der Waals surface area contributed by atoms with Crippen LogP contribution in [0.5, 0.6) is 0 Å². The van der Waals surface area contributed by atoms with Gasteiger partial charge in [-0.3, -0.25) is 19.7 Å². The van der Waals surface area contributed by atoms with Gasteiger partial charge in [0.05, 0.1) is 23.3 Å². The third-order valence-corrected chi connectivity index (χ3v) is 5.48. The predicted octanol–water partition coefficient (Wildman–Crippen LogP) is 4.05. The van der Waals surface area contributed by atoms with Crippen molar-refractivity contribution in [1.29, 1.82) is 0 Å². The van der Waals surface area contributed by atoms with E-state index in [9.17, 15) is 18.4 Å². The van der Waals surface area contributed by atoms with Crippen molar-refractivity contribution in [3.63, 3.8) is 0 Å². The van der Waals surface area contributed by atoms with Gasteiger partial charge >= 0.3 is 0 Å². The average Bonchev–Trinajstić information content (AvgIpc) is 3.22. The molecule has 0 aliphatic heterocycles. The number of hydrogen-bond donors (Lipinski definition) is 3. The summed E-state index contributed by atoms with van der Waals surface area (Å²) in [7, 11) is 0. The maximum absolute atomic E-state index is 14.6. The molecule has 7 nitrogen and oxygen atoms in total. The molecule has 0 atom stereocenters. The molecular formula is C24H20ClF2N5O2. The van der Waals surface area contributed by atoms with Gasteiger partial charge < -0.3 is 10.6 Å². The normalized spacial score (nSPS) is 10.9. The standard InChI is InChI=1S/C24H20ClF2N5O2/c1-13(33)29-11-16-3-2-15(22(26)23(16)27)6-14-7-17(10-28-9-14)24(34)30-12-21-19-8-18(25)4-5-20(19)31-32-21/h2-5,7-10H,6,11-12H2,1H3,(H,29,33)(H,30,34)(H,31,32). The Morgan fingerprint density at radius 2 is 1.76 bits per heavy atom. The minimum Gasteiger partial charge on any atom is -0.352 e. The van der Waals surface area contributed by atoms with Gasteiger partial charge in [0.2, 0.25) is 5.91 Å². The Labute approximate surface area is 198 Å². The third kappa shape index (κ3) is 5.20. The molecule has 4 rings (SSSR count). The second-order valence-corrected chi connectivity index (χ2v) is 8.16. The summed E-state index contributed by atoms with van der Waals surface area (Å²) in [6.45, 7) is 1.36. The molecule has 0 saturated heterocycles. The van der Waals surface area contributed by atoms with E-state index in [2.05, 4.69) is 25.8 Å². The Kier molecular flexibility index (Phi) is 6.83. The second-order valence-electron chi connectivity index (χ2n) is 7.72. The van der Waals surface area contributed by atoms with Crippen LogP contribution in [0, 0.1) is 11.6 Å². The van der Waals surface area contributed by atoms with E-state index in [0.29, 0.717) is 16.3 Å². The van der Waals surface area contributed by atoms with Crippen LogP contribution in [0.3, 0.4) is 0 Å². The van der Waals surface area contributed by atoms with Crippen molar-refractivity contribution in [2.75, 3.05) is 0 Å². The number of H-pyrrole nitrogens is 1. The van der Waals surface area contributed by atoms with Crippen molar-refractivity contribution >= 4 is 34.3 Å². The molecule has 0 aliphatic carbocycles. The van der Waals surface area contributed by atoms with Gasteiger partial charge in [-0.15, -0.1) is 0 Å². The highest BCUT2D eigenvalue weighted by Gasteiger charge is 2.15. The maximum atomic E-state index is 14.6. The fourth-order valence-electron chi connectivity index (χ4n) is 3.49. The molecule has 3 N–H and O–H groups in total. The molecule has 0 radical (unpaired) electrons. The first-order valence-corrected chi connectivity index (χ1v) is 10.7. The molecule has 0 aliphatic rings. The van der Waals surface area contributed by atoms with Crippen molar-refractivity contribution < 1.29 is 18.4 Å². The number of hydrogen-bond acceptors (Lipinski definition) is 4. The van der Waals surface area contributed by atoms with Crippen LogP contribution in [0.1, 0.15) is 39.7 Å². The molecule has 4 aromatic rings. The number of carbonyl (C=O) groups is 2. The first-order valence-electron chi connectivity index (χ1n) is 10.4. The molecule has 2 aromatic heterocycles. The summed E-state index contributed by atoms with van der Waals surface area (Å²) in [6.07, 6.45) is 2.92. The Bertz CT molecular complexity index is 1390. The topological polar surface area (TPSA) is 99.8 Å². The number of pyridine rings is 1. The lowest BCUT2D eigenvalue weighted by Gasteiger charge is -2.10. The molecule has 174 valence electrons. The number of nitrogens with one attached hydrogen (secondary N) is 3. The van der Waals surface area contributed by atoms with E-state index in [4.69, 9.17) is 11.6 Å². The Hall–Kier alpha value is -3.85. The van der Waals surface area contributed by atoms with E-state index in [1.165, 1.54) is 31.5 Å². The van der Waals surface area contributed by atoms with Gasteiger partial charge in [-0.25, -0.2) is 8.78 Å². The van der Waals surface area contributed by atoms with E-state index >= 15 is 0 Å². The summed E-state index contributed by atoms with van der Waals surface area (Å²) in [6, 6.07) is 9.76. The second kappa shape index (κ2) is 9.96. The summed E-state index contributed by atoms with van der Waals surface area (Å²) in [5.41, 5.74) is 2.41. The molecule has 0 saturated carbocycles. The van der Waals surface area contributed by atoms with Crippen LogP contribution in [0.25, 0.3) is 10.9 Å². The van der Waals surface area contributed by atoms with Crippen LogP contribution in [0.4, 0.5) is 8.78 Å². The van der Waals surface area contributed by atoms with E-state index in [1.807, 2.05) is 0 Å². The zero-order chi connectivity index (χ0) is 24.2. The highest BCUT2D eigenvalue weighted by molar-refractivity contribution is 6.31. The zero-order valence-corrected chi connectivity index (χ0v) is 18.8. The number of benzene rings is 2. The lowest BCUT2D eigenvalue weighted by Crippen LogP contribution is -2.23. The van der Waals surface area contributed by atoms with Gasteiger partial charge in [0, 0.05) is 48.3 Å². The molecule has 34 heavy (non-hydrogen) atoms. The van der Waals surface area contributed by atoms with Gasteiger partial charge in [-0.1, -0.05) is 23.7 Å². The summed E-state index contributed by atoms with van der Waals surface area (Å²) < 4.78 is 28.9. The summed E-state index contributed by atoms with van der Waals surface area (Å²) in [5, 5.41) is 13.7. The molecule has 2 aromatic carbocycles. The van der Waals surface area contributed by atoms with Crippen LogP contribution < -0.4 is 10.6 Å². The minimum atomic E-state index is -1.01. The summed E-state index contributed by atoms with van der Waals surface area (Å²) in [5.74, 6) is -2.74. The molecule has 2 amide bonds. The lowest BCUT2D eigenvalue weighted by atomic mass is 10.0. The molecule has 0 fully saturated rings. The number of carbonyl (C=O) groups excluding carboxylic acids is 2. The van der Waals surface area contributed by atoms with E-state index in [0.717, 1.165) is 10.9 Å². The quantitative estimate of drug-likeness (QED) is 0.369. The van der Waals surface area contributed by atoms with E-state index in [-0.39, 0.29) is 48.0 Å². The van der Waals surface area contributed by atoms with Crippen LogP contribution in [0.15, 0.2) is 48.8 Å². The summed E-state index contributed by atoms with van der Waals surface area (Å²) >= 11 is 6.04. The first-order chi connectivity index (χ1) is 16.3. The Balaban J connectivity index is 1.45. The Morgan fingerprint density at radius 1 is 1.00 bits per heavy atom. The van der Waals surface area contributed by atoms with E-state index in [1.54, 1.807) is 24.3 Å². The van der Waals surface area contributed by atoms with Crippen molar-refractivity contribution in [3.05, 3.63) is 93.4 Å². The lowest BCUT2D eigenvalue weighted by molar-refractivity contribution is -0.119. The average molecular weight is 484 g/mol. The molecule has 0 unspecified atom stereocenters. The fraction of sp³-hybridized carbons (Fsp3) is 0.167. The van der Waals surface area contributed by atoms with Crippen LogP contribution in [-0.2, 0) is 24.3 Å². The number of fused-ring (bicyclic) bond motifs is 1. The number of amides is 2. The van der Waals surface area contributed by atoms with Gasteiger partial charge in [0.25, 0.3) is 5.91 Å². The van der Waals surface area contributed by atoms with Crippen molar-refractivity contribution in [2.45, 2.75) is 26.4 Å². The predicted molar refractivity (Wildman–Crippen MR) is 123 cm³/mol. The highest BCUT2D eigenvalue weighted by atomic mass is 35.5.